The largest absolute Gasteiger partial charge is 0.479 e. The Hall–Kier alpha value is -1.24. The molecule has 1 aromatic rings. The topological polar surface area (TPSA) is 75.6 Å². The zero-order chi connectivity index (χ0) is 13.4. The average Bonchev–Trinajstić information content (AvgIpc) is 2.31. The van der Waals surface area contributed by atoms with Gasteiger partial charge in [-0.1, -0.05) is 23.7 Å². The fourth-order valence-corrected chi connectivity index (χ4v) is 1.95. The zero-order valence-corrected chi connectivity index (χ0v) is 11.0. The van der Waals surface area contributed by atoms with Crippen LogP contribution in [0.15, 0.2) is 24.3 Å². The Labute approximate surface area is 113 Å². The molecule has 0 aliphatic carbocycles. The van der Waals surface area contributed by atoms with Crippen LogP contribution in [0.3, 0.4) is 0 Å². The van der Waals surface area contributed by atoms with Crippen LogP contribution in [0.2, 0.25) is 5.02 Å². The quantitative estimate of drug-likeness (QED) is 0.747. The molecular weight excluding hydrogens is 278 g/mol. The number of rotatable bonds is 7. The lowest BCUT2D eigenvalue weighted by Gasteiger charge is -2.04. The van der Waals surface area contributed by atoms with E-state index in [-0.39, 0.29) is 11.7 Å². The van der Waals surface area contributed by atoms with Crippen molar-refractivity contribution in [1.82, 2.24) is 5.48 Å². The van der Waals surface area contributed by atoms with E-state index < -0.39 is 12.6 Å². The van der Waals surface area contributed by atoms with E-state index in [0.717, 1.165) is 5.56 Å². The lowest BCUT2D eigenvalue weighted by atomic mass is 10.2. The number of hydroxylamine groups is 1. The Kier molecular flexibility index (Phi) is 6.56. The fraction of sp³-hybridized carbons (Fsp3) is 0.273. The number of aliphatic carboxylic acids is 1. The minimum atomic E-state index is -1.14. The molecule has 1 aromatic carbocycles. The molecule has 0 spiro atoms. The Morgan fingerprint density at radius 2 is 2.00 bits per heavy atom. The monoisotopic (exact) mass is 289 g/mol. The second-order valence-electron chi connectivity index (χ2n) is 3.33. The van der Waals surface area contributed by atoms with E-state index in [1.165, 1.54) is 11.8 Å². The number of carbonyl (C=O) groups excluding carboxylic acids is 1. The standard InChI is InChI=1S/C11H12ClNO4S/c12-9-3-1-8(2-4-9)6-18-7-10(14)13-17-5-11(15)16/h1-4H,5-7H2,(H,13,14)(H,15,16). The number of benzene rings is 1. The third-order valence-electron chi connectivity index (χ3n) is 1.80. The summed E-state index contributed by atoms with van der Waals surface area (Å²) in [7, 11) is 0. The molecule has 0 unspecified atom stereocenters. The number of amides is 1. The summed E-state index contributed by atoms with van der Waals surface area (Å²) in [5, 5.41) is 8.95. The number of thioether (sulfide) groups is 1. The van der Waals surface area contributed by atoms with Crippen molar-refractivity contribution in [3.05, 3.63) is 34.9 Å². The summed E-state index contributed by atoms with van der Waals surface area (Å²) in [5.41, 5.74) is 3.11. The van der Waals surface area contributed by atoms with Crippen molar-refractivity contribution in [2.75, 3.05) is 12.4 Å². The van der Waals surface area contributed by atoms with E-state index in [2.05, 4.69) is 4.84 Å². The van der Waals surface area contributed by atoms with Crippen LogP contribution >= 0.6 is 23.4 Å². The lowest BCUT2D eigenvalue weighted by molar-refractivity contribution is -0.148. The third-order valence-corrected chi connectivity index (χ3v) is 3.05. The highest BCUT2D eigenvalue weighted by Gasteiger charge is 2.03. The fourth-order valence-electron chi connectivity index (χ4n) is 1.05. The summed E-state index contributed by atoms with van der Waals surface area (Å²) in [6.07, 6.45) is 0. The average molecular weight is 290 g/mol. The molecule has 7 heteroatoms. The molecule has 1 rings (SSSR count). The van der Waals surface area contributed by atoms with Crippen molar-refractivity contribution in [1.29, 1.82) is 0 Å². The number of halogens is 1. The molecule has 0 aliphatic heterocycles. The van der Waals surface area contributed by atoms with Crippen molar-refractivity contribution in [2.24, 2.45) is 0 Å². The molecule has 18 heavy (non-hydrogen) atoms. The molecule has 0 bridgehead atoms. The van der Waals surface area contributed by atoms with Crippen molar-refractivity contribution in [2.45, 2.75) is 5.75 Å². The number of carbonyl (C=O) groups is 2. The molecule has 2 N–H and O–H groups in total. The molecule has 0 aromatic heterocycles. The van der Waals surface area contributed by atoms with Crippen molar-refractivity contribution in [3.8, 4) is 0 Å². The molecule has 0 heterocycles. The van der Waals surface area contributed by atoms with Gasteiger partial charge < -0.3 is 5.11 Å². The van der Waals surface area contributed by atoms with Crippen LogP contribution in [0.1, 0.15) is 5.56 Å². The minimum Gasteiger partial charge on any atom is -0.479 e. The van der Waals surface area contributed by atoms with Gasteiger partial charge in [0, 0.05) is 10.8 Å². The van der Waals surface area contributed by atoms with E-state index in [4.69, 9.17) is 16.7 Å². The highest BCUT2D eigenvalue weighted by Crippen LogP contribution is 2.15. The van der Waals surface area contributed by atoms with Crippen molar-refractivity contribution in [3.63, 3.8) is 0 Å². The highest BCUT2D eigenvalue weighted by molar-refractivity contribution is 7.99. The predicted octanol–water partition coefficient (Wildman–Crippen LogP) is 1.71. The summed E-state index contributed by atoms with van der Waals surface area (Å²) in [4.78, 5) is 25.8. The summed E-state index contributed by atoms with van der Waals surface area (Å²) < 4.78 is 0. The molecule has 0 radical (unpaired) electrons. The first-order chi connectivity index (χ1) is 8.58. The maximum absolute atomic E-state index is 11.2. The van der Waals surface area contributed by atoms with E-state index in [1.54, 1.807) is 12.1 Å². The van der Waals surface area contributed by atoms with Gasteiger partial charge in [0.05, 0.1) is 5.75 Å². The molecule has 0 atom stereocenters. The van der Waals surface area contributed by atoms with Gasteiger partial charge in [-0.3, -0.25) is 9.63 Å². The number of hydrogen-bond donors (Lipinski definition) is 2. The van der Waals surface area contributed by atoms with Gasteiger partial charge in [-0.15, -0.1) is 11.8 Å². The van der Waals surface area contributed by atoms with Crippen LogP contribution in [0.25, 0.3) is 0 Å². The molecule has 0 aliphatic rings. The van der Waals surface area contributed by atoms with Gasteiger partial charge in [0.15, 0.2) is 6.61 Å². The van der Waals surface area contributed by atoms with Gasteiger partial charge in [-0.05, 0) is 17.7 Å². The summed E-state index contributed by atoms with van der Waals surface area (Å²) >= 11 is 7.14. The van der Waals surface area contributed by atoms with Crippen LogP contribution in [-0.4, -0.2) is 29.3 Å². The normalized spacial score (nSPS) is 10.1. The van der Waals surface area contributed by atoms with Crippen LogP contribution < -0.4 is 5.48 Å². The number of hydrogen-bond acceptors (Lipinski definition) is 4. The summed E-state index contributed by atoms with van der Waals surface area (Å²) in [6, 6.07) is 7.34. The van der Waals surface area contributed by atoms with Gasteiger partial charge in [-0.2, -0.15) is 0 Å². The Bertz CT molecular complexity index is 410. The number of carboxylic acid groups (broad SMARTS) is 1. The van der Waals surface area contributed by atoms with Gasteiger partial charge in [0.25, 0.3) is 5.91 Å². The summed E-state index contributed by atoms with van der Waals surface area (Å²) in [5.74, 6) is -0.634. The van der Waals surface area contributed by atoms with Crippen molar-refractivity contribution < 1.29 is 19.5 Å². The molecule has 0 saturated heterocycles. The van der Waals surface area contributed by atoms with E-state index >= 15 is 0 Å². The van der Waals surface area contributed by atoms with Gasteiger partial charge >= 0.3 is 5.97 Å². The molecule has 98 valence electrons. The maximum atomic E-state index is 11.2. The zero-order valence-electron chi connectivity index (χ0n) is 9.39. The van der Waals surface area contributed by atoms with Crippen LogP contribution in [0.5, 0.6) is 0 Å². The second-order valence-corrected chi connectivity index (χ2v) is 4.75. The summed E-state index contributed by atoms with van der Waals surface area (Å²) in [6.45, 7) is -0.548. The van der Waals surface area contributed by atoms with E-state index in [1.807, 2.05) is 17.6 Å². The lowest BCUT2D eigenvalue weighted by Crippen LogP contribution is -2.28. The molecule has 0 fully saturated rings. The highest BCUT2D eigenvalue weighted by atomic mass is 35.5. The smallest absolute Gasteiger partial charge is 0.332 e. The Balaban J connectivity index is 2.15. The number of carboxylic acids is 1. The number of nitrogens with one attached hydrogen (secondary N) is 1. The van der Waals surface area contributed by atoms with Crippen LogP contribution in [0.4, 0.5) is 0 Å². The minimum absolute atomic E-state index is 0.197. The van der Waals surface area contributed by atoms with Gasteiger partial charge in [0.1, 0.15) is 0 Å². The van der Waals surface area contributed by atoms with Crippen LogP contribution in [-0.2, 0) is 20.2 Å². The maximum Gasteiger partial charge on any atom is 0.332 e. The predicted molar refractivity (Wildman–Crippen MR) is 69.3 cm³/mol. The van der Waals surface area contributed by atoms with Crippen molar-refractivity contribution >= 4 is 35.2 Å². The first-order valence-electron chi connectivity index (χ1n) is 5.02. The first kappa shape index (κ1) is 14.8. The SMILES string of the molecule is O=C(O)CONC(=O)CSCc1ccc(Cl)cc1. The van der Waals surface area contributed by atoms with Gasteiger partial charge in [-0.25, -0.2) is 10.3 Å². The molecule has 1 amide bonds. The van der Waals surface area contributed by atoms with E-state index in [0.29, 0.717) is 10.8 Å². The second kappa shape index (κ2) is 7.97. The molecule has 5 nitrogen and oxygen atoms in total. The Morgan fingerprint density at radius 3 is 2.61 bits per heavy atom. The van der Waals surface area contributed by atoms with Crippen LogP contribution in [0, 0.1) is 0 Å². The molecular formula is C11H12ClNO4S. The Morgan fingerprint density at radius 1 is 1.33 bits per heavy atom. The molecule has 0 saturated carbocycles. The van der Waals surface area contributed by atoms with E-state index in [9.17, 15) is 9.59 Å². The third kappa shape index (κ3) is 6.48. The first-order valence-corrected chi connectivity index (χ1v) is 6.56. The van der Waals surface area contributed by atoms with Gasteiger partial charge in [0.2, 0.25) is 0 Å².